The normalized spacial score (nSPS) is 12.3. The smallest absolute Gasteiger partial charge is 0.251 e. The van der Waals surface area contributed by atoms with Gasteiger partial charge in [-0.1, -0.05) is 24.3 Å². The Morgan fingerprint density at radius 2 is 1.96 bits per heavy atom. The molecule has 0 spiro atoms. The number of carbonyl (C=O) groups excluding carboxylic acids is 1. The van der Waals surface area contributed by atoms with Gasteiger partial charge in [-0.2, -0.15) is 0 Å². The highest BCUT2D eigenvalue weighted by Gasteiger charge is 2.16. The third-order valence-corrected chi connectivity index (χ3v) is 4.03. The molecule has 1 N–H and O–H groups in total. The molecule has 5 nitrogen and oxygen atoms in total. The molecule has 3 aromatic rings. The molecule has 0 bridgehead atoms. The lowest BCUT2D eigenvalue weighted by Gasteiger charge is -2.08. The molecule has 1 aromatic heterocycles. The van der Waals surface area contributed by atoms with E-state index < -0.39 is 0 Å². The Labute approximate surface area is 139 Å². The fourth-order valence-electron chi connectivity index (χ4n) is 2.82. The molecule has 0 atom stereocenters. The van der Waals surface area contributed by atoms with E-state index in [0.717, 1.165) is 22.9 Å². The SMILES string of the molecule is O=C(NCCc1cccc2cccnc12)c1ccc2c(c1)OCO2. The zero-order valence-corrected chi connectivity index (χ0v) is 13.0. The Morgan fingerprint density at radius 1 is 1.08 bits per heavy atom. The van der Waals surface area contributed by atoms with E-state index in [1.54, 1.807) is 24.4 Å². The molecule has 0 saturated carbocycles. The monoisotopic (exact) mass is 320 g/mol. The topological polar surface area (TPSA) is 60.5 Å². The first kappa shape index (κ1) is 14.5. The number of hydrogen-bond donors (Lipinski definition) is 1. The van der Waals surface area contributed by atoms with Gasteiger partial charge in [0.2, 0.25) is 6.79 Å². The quantitative estimate of drug-likeness (QED) is 0.803. The van der Waals surface area contributed by atoms with Crippen LogP contribution in [0.5, 0.6) is 11.5 Å². The Hall–Kier alpha value is -3.08. The van der Waals surface area contributed by atoms with Crippen molar-refractivity contribution in [2.75, 3.05) is 13.3 Å². The summed E-state index contributed by atoms with van der Waals surface area (Å²) in [5, 5.41) is 4.05. The highest BCUT2D eigenvalue weighted by molar-refractivity contribution is 5.95. The van der Waals surface area contributed by atoms with Crippen molar-refractivity contribution >= 4 is 16.8 Å². The highest BCUT2D eigenvalue weighted by atomic mass is 16.7. The molecule has 4 rings (SSSR count). The molecule has 1 aliphatic heterocycles. The maximum Gasteiger partial charge on any atom is 0.251 e. The third-order valence-electron chi connectivity index (χ3n) is 4.03. The Morgan fingerprint density at radius 3 is 2.92 bits per heavy atom. The van der Waals surface area contributed by atoms with Crippen molar-refractivity contribution in [1.82, 2.24) is 10.3 Å². The van der Waals surface area contributed by atoms with Gasteiger partial charge in [-0.25, -0.2) is 0 Å². The number of aromatic nitrogens is 1. The summed E-state index contributed by atoms with van der Waals surface area (Å²) >= 11 is 0. The van der Waals surface area contributed by atoms with Crippen LogP contribution >= 0.6 is 0 Å². The summed E-state index contributed by atoms with van der Waals surface area (Å²) in [6, 6.07) is 15.3. The average Bonchev–Trinajstić information content (AvgIpc) is 3.09. The van der Waals surface area contributed by atoms with Crippen molar-refractivity contribution in [3.05, 3.63) is 65.9 Å². The maximum absolute atomic E-state index is 12.3. The van der Waals surface area contributed by atoms with Gasteiger partial charge in [-0.05, 0) is 36.2 Å². The number of nitrogens with one attached hydrogen (secondary N) is 1. The van der Waals surface area contributed by atoms with Gasteiger partial charge in [0.05, 0.1) is 5.52 Å². The van der Waals surface area contributed by atoms with E-state index in [1.807, 2.05) is 30.3 Å². The molecule has 0 fully saturated rings. The van der Waals surface area contributed by atoms with E-state index in [2.05, 4.69) is 10.3 Å². The van der Waals surface area contributed by atoms with Crippen molar-refractivity contribution in [2.45, 2.75) is 6.42 Å². The van der Waals surface area contributed by atoms with Crippen LogP contribution in [0.2, 0.25) is 0 Å². The summed E-state index contributed by atoms with van der Waals surface area (Å²) in [5.41, 5.74) is 2.67. The zero-order valence-electron chi connectivity index (χ0n) is 13.0. The number of carbonyl (C=O) groups is 1. The standard InChI is InChI=1S/C19H16N2O3/c22-19(15-6-7-16-17(11-15)24-12-23-16)21-10-8-14-4-1-3-13-5-2-9-20-18(13)14/h1-7,9,11H,8,10,12H2,(H,21,22). The molecular formula is C19H16N2O3. The molecule has 5 heteroatoms. The molecule has 2 aromatic carbocycles. The minimum Gasteiger partial charge on any atom is -0.454 e. The van der Waals surface area contributed by atoms with Crippen LogP contribution in [0.1, 0.15) is 15.9 Å². The number of nitrogens with zero attached hydrogens (tertiary/aromatic N) is 1. The number of pyridine rings is 1. The first-order valence-electron chi connectivity index (χ1n) is 7.82. The lowest BCUT2D eigenvalue weighted by Crippen LogP contribution is -2.25. The van der Waals surface area contributed by atoms with Crippen LogP contribution in [-0.2, 0) is 6.42 Å². The second kappa shape index (κ2) is 6.20. The predicted molar refractivity (Wildman–Crippen MR) is 90.3 cm³/mol. The molecule has 0 radical (unpaired) electrons. The van der Waals surface area contributed by atoms with Gasteiger partial charge in [0.1, 0.15) is 0 Å². The van der Waals surface area contributed by atoms with E-state index >= 15 is 0 Å². The van der Waals surface area contributed by atoms with Crippen molar-refractivity contribution in [3.63, 3.8) is 0 Å². The van der Waals surface area contributed by atoms with E-state index in [9.17, 15) is 4.79 Å². The average molecular weight is 320 g/mol. The van der Waals surface area contributed by atoms with Crippen LogP contribution in [0.4, 0.5) is 0 Å². The summed E-state index contributed by atoms with van der Waals surface area (Å²) in [5.74, 6) is 1.16. The van der Waals surface area contributed by atoms with E-state index in [1.165, 1.54) is 0 Å². The number of benzene rings is 2. The van der Waals surface area contributed by atoms with Crippen LogP contribution in [0.3, 0.4) is 0 Å². The van der Waals surface area contributed by atoms with Crippen LogP contribution < -0.4 is 14.8 Å². The minimum absolute atomic E-state index is 0.124. The van der Waals surface area contributed by atoms with Gasteiger partial charge in [0, 0.05) is 23.7 Å². The fraction of sp³-hybridized carbons (Fsp3) is 0.158. The van der Waals surface area contributed by atoms with Gasteiger partial charge >= 0.3 is 0 Å². The molecule has 1 aliphatic rings. The molecular weight excluding hydrogens is 304 g/mol. The number of fused-ring (bicyclic) bond motifs is 2. The van der Waals surface area contributed by atoms with E-state index in [0.29, 0.717) is 23.6 Å². The van der Waals surface area contributed by atoms with Gasteiger partial charge in [0.15, 0.2) is 11.5 Å². The molecule has 0 aliphatic carbocycles. The lowest BCUT2D eigenvalue weighted by molar-refractivity contribution is 0.0953. The summed E-state index contributed by atoms with van der Waals surface area (Å²) in [6.45, 7) is 0.747. The zero-order chi connectivity index (χ0) is 16.4. The minimum atomic E-state index is -0.124. The number of ether oxygens (including phenoxy) is 2. The largest absolute Gasteiger partial charge is 0.454 e. The second-order valence-electron chi connectivity index (χ2n) is 5.57. The van der Waals surface area contributed by atoms with Gasteiger partial charge in [0.25, 0.3) is 5.91 Å². The number of rotatable bonds is 4. The molecule has 0 saturated heterocycles. The Bertz CT molecular complexity index is 903. The van der Waals surface area contributed by atoms with Crippen molar-refractivity contribution < 1.29 is 14.3 Å². The Balaban J connectivity index is 1.42. The summed E-state index contributed by atoms with van der Waals surface area (Å²) in [4.78, 5) is 16.7. The van der Waals surface area contributed by atoms with Crippen LogP contribution in [0, 0.1) is 0 Å². The number of para-hydroxylation sites is 1. The summed E-state index contributed by atoms with van der Waals surface area (Å²) in [7, 11) is 0. The Kier molecular flexibility index (Phi) is 3.75. The third kappa shape index (κ3) is 2.76. The summed E-state index contributed by atoms with van der Waals surface area (Å²) in [6.07, 6.45) is 2.52. The van der Waals surface area contributed by atoms with E-state index in [-0.39, 0.29) is 12.7 Å². The second-order valence-corrected chi connectivity index (χ2v) is 5.57. The number of hydrogen-bond acceptors (Lipinski definition) is 4. The molecule has 0 unspecified atom stereocenters. The van der Waals surface area contributed by atoms with Crippen LogP contribution in [0.15, 0.2) is 54.7 Å². The lowest BCUT2D eigenvalue weighted by atomic mass is 10.1. The highest BCUT2D eigenvalue weighted by Crippen LogP contribution is 2.32. The van der Waals surface area contributed by atoms with Crippen molar-refractivity contribution in [3.8, 4) is 11.5 Å². The molecule has 24 heavy (non-hydrogen) atoms. The van der Waals surface area contributed by atoms with E-state index in [4.69, 9.17) is 9.47 Å². The van der Waals surface area contributed by atoms with Gasteiger partial charge in [-0.3, -0.25) is 9.78 Å². The first-order chi connectivity index (χ1) is 11.8. The maximum atomic E-state index is 12.3. The molecule has 1 amide bonds. The fourth-order valence-corrected chi connectivity index (χ4v) is 2.82. The number of amides is 1. The summed E-state index contributed by atoms with van der Waals surface area (Å²) < 4.78 is 10.6. The van der Waals surface area contributed by atoms with Crippen molar-refractivity contribution in [2.24, 2.45) is 0 Å². The van der Waals surface area contributed by atoms with Crippen molar-refractivity contribution in [1.29, 1.82) is 0 Å². The van der Waals surface area contributed by atoms with Gasteiger partial charge in [-0.15, -0.1) is 0 Å². The van der Waals surface area contributed by atoms with Gasteiger partial charge < -0.3 is 14.8 Å². The van der Waals surface area contributed by atoms with Crippen LogP contribution in [0.25, 0.3) is 10.9 Å². The predicted octanol–water partition coefficient (Wildman–Crippen LogP) is 2.94. The molecule has 120 valence electrons. The molecule has 2 heterocycles. The first-order valence-corrected chi connectivity index (χ1v) is 7.82. The van der Waals surface area contributed by atoms with Crippen LogP contribution in [-0.4, -0.2) is 24.2 Å².